The number of fused-ring (bicyclic) bond motifs is 1. The smallest absolute Gasteiger partial charge is 0.291 e. The molecule has 1 aliphatic rings. The molecule has 0 radical (unpaired) electrons. The number of halogens is 2. The molecular weight excluding hydrogens is 350 g/mol. The number of rotatable bonds is 7. The van der Waals surface area contributed by atoms with Crippen LogP contribution in [-0.4, -0.2) is 31.9 Å². The Balaban J connectivity index is 1.89. The van der Waals surface area contributed by atoms with Crippen LogP contribution in [0.3, 0.4) is 0 Å². The Labute approximate surface area is 158 Å². The topological polar surface area (TPSA) is 51.0 Å². The number of unbranched alkanes of at least 4 members (excludes halogenated alkanes) is 1. The first-order chi connectivity index (χ1) is 12.7. The highest BCUT2D eigenvalue weighted by Crippen LogP contribution is 2.35. The Morgan fingerprint density at radius 1 is 1.30 bits per heavy atom. The zero-order valence-electron chi connectivity index (χ0n) is 16.3. The highest BCUT2D eigenvalue weighted by molar-refractivity contribution is 5.93. The molecule has 0 fully saturated rings. The van der Waals surface area contributed by atoms with Crippen molar-refractivity contribution in [3.05, 3.63) is 35.5 Å². The number of pyridine rings is 1. The third-order valence-corrected chi connectivity index (χ3v) is 4.79. The van der Waals surface area contributed by atoms with Gasteiger partial charge in [0.2, 0.25) is 5.82 Å². The molecule has 2 aromatic rings. The summed E-state index contributed by atoms with van der Waals surface area (Å²) in [6, 6.07) is 3.02. The second-order valence-electron chi connectivity index (χ2n) is 7.60. The summed E-state index contributed by atoms with van der Waals surface area (Å²) in [7, 11) is 0. The van der Waals surface area contributed by atoms with E-state index in [0.717, 1.165) is 18.5 Å². The number of hydrogen-bond acceptors (Lipinski definition) is 3. The van der Waals surface area contributed by atoms with Crippen molar-refractivity contribution in [1.29, 1.82) is 0 Å². The van der Waals surface area contributed by atoms with Crippen LogP contribution in [0.2, 0.25) is 0 Å². The number of amides is 1. The molecule has 0 aromatic carbocycles. The molecule has 7 heteroatoms. The van der Waals surface area contributed by atoms with E-state index in [0.29, 0.717) is 30.3 Å². The van der Waals surface area contributed by atoms with Crippen LogP contribution in [0.25, 0.3) is 11.3 Å². The van der Waals surface area contributed by atoms with Crippen molar-refractivity contribution in [2.45, 2.75) is 59.5 Å². The lowest BCUT2D eigenvalue weighted by Crippen LogP contribution is -2.26. The number of hydrogen-bond donors (Lipinski definition) is 0. The van der Waals surface area contributed by atoms with Gasteiger partial charge in [-0.25, -0.2) is 4.98 Å². The fraction of sp³-hybridized carbons (Fsp3) is 0.550. The lowest BCUT2D eigenvalue weighted by atomic mass is 10.0. The third kappa shape index (κ3) is 3.73. The van der Waals surface area contributed by atoms with Crippen molar-refractivity contribution < 1.29 is 13.6 Å². The fourth-order valence-corrected chi connectivity index (χ4v) is 3.50. The Bertz CT molecular complexity index is 827. The number of nitrogens with zero attached hydrogens (tertiary/aromatic N) is 4. The highest BCUT2D eigenvalue weighted by Gasteiger charge is 2.35. The van der Waals surface area contributed by atoms with Crippen LogP contribution in [0.4, 0.5) is 8.78 Å². The van der Waals surface area contributed by atoms with E-state index in [4.69, 9.17) is 0 Å². The molecule has 0 saturated carbocycles. The highest BCUT2D eigenvalue weighted by atomic mass is 19.3. The summed E-state index contributed by atoms with van der Waals surface area (Å²) in [6.07, 6.45) is 3.17. The third-order valence-electron chi connectivity index (χ3n) is 4.79. The van der Waals surface area contributed by atoms with Crippen LogP contribution in [0.1, 0.15) is 62.0 Å². The molecule has 0 saturated heterocycles. The van der Waals surface area contributed by atoms with Gasteiger partial charge < -0.3 is 9.47 Å². The molecule has 0 atom stereocenters. The number of carbonyl (C=O) groups is 1. The second-order valence-corrected chi connectivity index (χ2v) is 7.60. The molecule has 146 valence electrons. The van der Waals surface area contributed by atoms with E-state index in [1.807, 2.05) is 11.5 Å². The molecule has 27 heavy (non-hydrogen) atoms. The van der Waals surface area contributed by atoms with Crippen LogP contribution >= 0.6 is 0 Å². The van der Waals surface area contributed by atoms with Crippen molar-refractivity contribution in [3.8, 4) is 11.3 Å². The van der Waals surface area contributed by atoms with Crippen molar-refractivity contribution in [1.82, 2.24) is 19.4 Å². The van der Waals surface area contributed by atoms with E-state index in [9.17, 15) is 13.6 Å². The fourth-order valence-electron chi connectivity index (χ4n) is 3.50. The second kappa shape index (κ2) is 7.37. The lowest BCUT2D eigenvalue weighted by Gasteiger charge is -2.18. The minimum atomic E-state index is -2.95. The van der Waals surface area contributed by atoms with Gasteiger partial charge in [0, 0.05) is 24.7 Å². The van der Waals surface area contributed by atoms with E-state index >= 15 is 0 Å². The number of carbonyl (C=O) groups excluding carboxylic acids is 1. The van der Waals surface area contributed by atoms with Gasteiger partial charge in [-0.1, -0.05) is 27.2 Å². The van der Waals surface area contributed by atoms with Crippen LogP contribution in [-0.2, 0) is 12.6 Å². The minimum absolute atomic E-state index is 0.0779. The Hall–Kier alpha value is -2.31. The van der Waals surface area contributed by atoms with Crippen molar-refractivity contribution in [2.75, 3.05) is 6.54 Å². The number of aromatic nitrogens is 3. The molecule has 0 N–H and O–H groups in total. The zero-order valence-corrected chi connectivity index (χ0v) is 16.3. The first-order valence-corrected chi connectivity index (χ1v) is 9.45. The normalized spacial score (nSPS) is 14.3. The summed E-state index contributed by atoms with van der Waals surface area (Å²) < 4.78 is 30.4. The van der Waals surface area contributed by atoms with E-state index in [-0.39, 0.29) is 23.9 Å². The number of aryl methyl sites for hydroxylation is 1. The Morgan fingerprint density at radius 3 is 2.63 bits per heavy atom. The maximum atomic E-state index is 14.3. The van der Waals surface area contributed by atoms with E-state index in [2.05, 4.69) is 16.9 Å². The predicted molar refractivity (Wildman–Crippen MR) is 99.5 cm³/mol. The van der Waals surface area contributed by atoms with Crippen molar-refractivity contribution in [2.24, 2.45) is 5.92 Å². The SMILES string of the molecule is CCCCN1Cn2c(nc(C)c2-c2ccc(C(F)(F)CC(C)C)nc2)C1=O. The standard InChI is InChI=1S/C20H26F2N4O/c1-5-6-9-25-12-26-17(14(4)24-18(26)19(25)27)15-7-8-16(23-11-15)20(21,22)10-13(2)3/h7-8,11,13H,5-6,9-10,12H2,1-4H3. The van der Waals surface area contributed by atoms with Crippen LogP contribution < -0.4 is 0 Å². The average molecular weight is 376 g/mol. The number of imidazole rings is 1. The molecule has 5 nitrogen and oxygen atoms in total. The first-order valence-electron chi connectivity index (χ1n) is 9.45. The van der Waals surface area contributed by atoms with Crippen molar-refractivity contribution >= 4 is 5.91 Å². The summed E-state index contributed by atoms with van der Waals surface area (Å²) >= 11 is 0. The molecular formula is C20H26F2N4O. The van der Waals surface area contributed by atoms with Gasteiger partial charge in [-0.05, 0) is 31.4 Å². The zero-order chi connectivity index (χ0) is 19.8. The van der Waals surface area contributed by atoms with Gasteiger partial charge in [0.15, 0.2) is 0 Å². The molecule has 0 unspecified atom stereocenters. The summed E-state index contributed by atoms with van der Waals surface area (Å²) in [5, 5.41) is 0. The minimum Gasteiger partial charge on any atom is -0.318 e. The van der Waals surface area contributed by atoms with Gasteiger partial charge in [0.1, 0.15) is 5.69 Å². The lowest BCUT2D eigenvalue weighted by molar-refractivity contribution is -0.0291. The van der Waals surface area contributed by atoms with E-state index in [1.54, 1.807) is 24.8 Å². The molecule has 1 aliphatic heterocycles. The molecule has 0 aliphatic carbocycles. The van der Waals surface area contributed by atoms with Crippen LogP contribution in [0.5, 0.6) is 0 Å². The molecule has 0 spiro atoms. The van der Waals surface area contributed by atoms with Crippen LogP contribution in [0, 0.1) is 12.8 Å². The average Bonchev–Trinajstić information content (AvgIpc) is 3.07. The van der Waals surface area contributed by atoms with Gasteiger partial charge in [-0.3, -0.25) is 9.78 Å². The maximum absolute atomic E-state index is 14.3. The quantitative estimate of drug-likeness (QED) is 0.709. The van der Waals surface area contributed by atoms with E-state index < -0.39 is 5.92 Å². The summed E-state index contributed by atoms with van der Waals surface area (Å²) in [6.45, 7) is 8.57. The summed E-state index contributed by atoms with van der Waals surface area (Å²) in [5.74, 6) is -2.74. The van der Waals surface area contributed by atoms with Gasteiger partial charge in [-0.15, -0.1) is 0 Å². The molecule has 3 heterocycles. The van der Waals surface area contributed by atoms with Crippen molar-refractivity contribution in [3.63, 3.8) is 0 Å². The van der Waals surface area contributed by atoms with Gasteiger partial charge in [-0.2, -0.15) is 8.78 Å². The Morgan fingerprint density at radius 2 is 2.04 bits per heavy atom. The number of alkyl halides is 2. The largest absolute Gasteiger partial charge is 0.318 e. The molecule has 1 amide bonds. The molecule has 0 bridgehead atoms. The molecule has 3 rings (SSSR count). The summed E-state index contributed by atoms with van der Waals surface area (Å²) in [5.41, 5.74) is 1.94. The van der Waals surface area contributed by atoms with E-state index in [1.165, 1.54) is 12.3 Å². The first kappa shape index (κ1) is 19.5. The maximum Gasteiger partial charge on any atom is 0.291 e. The Kier molecular flexibility index (Phi) is 5.31. The predicted octanol–water partition coefficient (Wildman–Crippen LogP) is 4.60. The van der Waals surface area contributed by atoms with Gasteiger partial charge in [0.25, 0.3) is 11.8 Å². The van der Waals surface area contributed by atoms with Crippen LogP contribution in [0.15, 0.2) is 18.3 Å². The monoisotopic (exact) mass is 376 g/mol. The molecule has 2 aromatic heterocycles. The van der Waals surface area contributed by atoms with Gasteiger partial charge >= 0.3 is 0 Å². The van der Waals surface area contributed by atoms with Gasteiger partial charge in [0.05, 0.1) is 18.1 Å². The summed E-state index contributed by atoms with van der Waals surface area (Å²) in [4.78, 5) is 22.7.